The number of carbonyl (C=O) groups excluding carboxylic acids is 1. The van der Waals surface area contributed by atoms with Gasteiger partial charge in [0, 0.05) is 20.3 Å². The molecule has 0 fully saturated rings. The molecule has 0 bridgehead atoms. The third kappa shape index (κ3) is 9.65. The summed E-state index contributed by atoms with van der Waals surface area (Å²) in [4.78, 5) is 11.2. The van der Waals surface area contributed by atoms with Crippen molar-refractivity contribution in [2.75, 3.05) is 40.1 Å². The minimum Gasteiger partial charge on any atom is -0.396 e. The SMILES string of the molecule is COCCOCC(=O)NCC(C)CCO. The fraction of sp³-hybridized carbons (Fsp3) is 0.900. The minimum absolute atomic E-state index is 0.0647. The first-order valence-corrected chi connectivity index (χ1v) is 5.15. The normalized spacial score (nSPS) is 12.5. The molecule has 0 aromatic carbocycles. The fourth-order valence-corrected chi connectivity index (χ4v) is 0.969. The molecule has 5 nitrogen and oxygen atoms in total. The molecule has 0 rings (SSSR count). The molecule has 1 atom stereocenters. The maximum Gasteiger partial charge on any atom is 0.246 e. The van der Waals surface area contributed by atoms with Gasteiger partial charge in [-0.2, -0.15) is 0 Å². The highest BCUT2D eigenvalue weighted by molar-refractivity contribution is 5.77. The van der Waals surface area contributed by atoms with E-state index >= 15 is 0 Å². The van der Waals surface area contributed by atoms with E-state index < -0.39 is 0 Å². The van der Waals surface area contributed by atoms with Crippen LogP contribution < -0.4 is 5.32 Å². The van der Waals surface area contributed by atoms with Crippen LogP contribution in [0.3, 0.4) is 0 Å². The molecule has 0 aromatic rings. The summed E-state index contributed by atoms with van der Waals surface area (Å²) in [5.74, 6) is 0.161. The molecule has 0 radical (unpaired) electrons. The van der Waals surface area contributed by atoms with Gasteiger partial charge in [0.2, 0.25) is 5.91 Å². The first-order chi connectivity index (χ1) is 7.20. The molecule has 1 amide bonds. The molecule has 0 aromatic heterocycles. The first kappa shape index (κ1) is 14.3. The van der Waals surface area contributed by atoms with Gasteiger partial charge >= 0.3 is 0 Å². The van der Waals surface area contributed by atoms with E-state index in [1.54, 1.807) is 7.11 Å². The van der Waals surface area contributed by atoms with Crippen molar-refractivity contribution in [3.8, 4) is 0 Å². The lowest BCUT2D eigenvalue weighted by Crippen LogP contribution is -2.32. The number of methoxy groups -OCH3 is 1. The van der Waals surface area contributed by atoms with Gasteiger partial charge in [-0.1, -0.05) is 6.92 Å². The smallest absolute Gasteiger partial charge is 0.246 e. The molecule has 90 valence electrons. The lowest BCUT2D eigenvalue weighted by Gasteiger charge is -2.11. The molecule has 15 heavy (non-hydrogen) atoms. The molecular formula is C10H21NO4. The summed E-state index contributed by atoms with van der Waals surface area (Å²) in [6, 6.07) is 0. The van der Waals surface area contributed by atoms with Gasteiger partial charge in [0.05, 0.1) is 13.2 Å². The molecule has 0 aliphatic rings. The monoisotopic (exact) mass is 219 g/mol. The van der Waals surface area contributed by atoms with Gasteiger partial charge in [-0.3, -0.25) is 4.79 Å². The predicted molar refractivity (Wildman–Crippen MR) is 56.6 cm³/mol. The Labute approximate surface area is 90.8 Å². The quantitative estimate of drug-likeness (QED) is 0.526. The molecule has 0 heterocycles. The molecule has 0 spiro atoms. The van der Waals surface area contributed by atoms with Crippen LogP contribution in [0, 0.1) is 5.92 Å². The number of nitrogens with one attached hydrogen (secondary N) is 1. The summed E-state index contributed by atoms with van der Waals surface area (Å²) < 4.78 is 9.81. The van der Waals surface area contributed by atoms with Crippen molar-refractivity contribution < 1.29 is 19.4 Å². The Balaban J connectivity index is 3.32. The van der Waals surface area contributed by atoms with Crippen LogP contribution >= 0.6 is 0 Å². The van der Waals surface area contributed by atoms with E-state index in [1.807, 2.05) is 6.92 Å². The largest absolute Gasteiger partial charge is 0.396 e. The highest BCUT2D eigenvalue weighted by Gasteiger charge is 2.04. The Hall–Kier alpha value is -0.650. The molecule has 0 saturated carbocycles. The highest BCUT2D eigenvalue weighted by atomic mass is 16.5. The van der Waals surface area contributed by atoms with Crippen molar-refractivity contribution in [3.05, 3.63) is 0 Å². The second-order valence-electron chi connectivity index (χ2n) is 3.47. The van der Waals surface area contributed by atoms with Gasteiger partial charge in [-0.25, -0.2) is 0 Å². The van der Waals surface area contributed by atoms with Gasteiger partial charge in [0.1, 0.15) is 6.61 Å². The average molecular weight is 219 g/mol. The molecule has 0 aliphatic heterocycles. The van der Waals surface area contributed by atoms with Crippen molar-refractivity contribution in [1.82, 2.24) is 5.32 Å². The number of hydrogen-bond donors (Lipinski definition) is 2. The second-order valence-corrected chi connectivity index (χ2v) is 3.47. The van der Waals surface area contributed by atoms with E-state index in [9.17, 15) is 4.79 Å². The zero-order valence-electron chi connectivity index (χ0n) is 9.49. The van der Waals surface area contributed by atoms with E-state index in [0.717, 1.165) is 0 Å². The number of amides is 1. The first-order valence-electron chi connectivity index (χ1n) is 5.15. The summed E-state index contributed by atoms with van der Waals surface area (Å²) >= 11 is 0. The lowest BCUT2D eigenvalue weighted by atomic mass is 10.1. The molecule has 0 aliphatic carbocycles. The predicted octanol–water partition coefficient (Wildman–Crippen LogP) is -0.216. The zero-order valence-corrected chi connectivity index (χ0v) is 9.49. The van der Waals surface area contributed by atoms with Crippen molar-refractivity contribution in [2.45, 2.75) is 13.3 Å². The van der Waals surface area contributed by atoms with Gasteiger partial charge in [-0.15, -0.1) is 0 Å². The number of aliphatic hydroxyl groups is 1. The van der Waals surface area contributed by atoms with Crippen LogP contribution in [0.2, 0.25) is 0 Å². The van der Waals surface area contributed by atoms with Crippen LogP contribution in [0.15, 0.2) is 0 Å². The Morgan fingerprint density at radius 1 is 1.47 bits per heavy atom. The van der Waals surface area contributed by atoms with Gasteiger partial charge < -0.3 is 19.9 Å². The molecule has 2 N–H and O–H groups in total. The zero-order chi connectivity index (χ0) is 11.5. The third-order valence-electron chi connectivity index (χ3n) is 1.93. The van der Waals surface area contributed by atoms with E-state index in [-0.39, 0.29) is 25.0 Å². The average Bonchev–Trinajstić information content (AvgIpc) is 2.22. The number of carbonyl (C=O) groups is 1. The summed E-state index contributed by atoms with van der Waals surface area (Å²) in [7, 11) is 1.58. The van der Waals surface area contributed by atoms with Crippen LogP contribution in [0.25, 0.3) is 0 Å². The maximum absolute atomic E-state index is 11.2. The number of hydrogen-bond acceptors (Lipinski definition) is 4. The van der Waals surface area contributed by atoms with Crippen molar-refractivity contribution in [1.29, 1.82) is 0 Å². The summed E-state index contributed by atoms with van der Waals surface area (Å²) in [5.41, 5.74) is 0. The van der Waals surface area contributed by atoms with Gasteiger partial charge in [-0.05, 0) is 12.3 Å². The fourth-order valence-electron chi connectivity index (χ4n) is 0.969. The standard InChI is InChI=1S/C10H21NO4/c1-9(3-4-12)7-11-10(13)8-15-6-5-14-2/h9,12H,3-8H2,1-2H3,(H,11,13). The number of aliphatic hydroxyl groups excluding tert-OH is 1. The Morgan fingerprint density at radius 3 is 2.80 bits per heavy atom. The summed E-state index contributed by atoms with van der Waals surface area (Å²) in [6.07, 6.45) is 0.699. The van der Waals surface area contributed by atoms with E-state index in [4.69, 9.17) is 14.6 Å². The molecular weight excluding hydrogens is 198 g/mol. The third-order valence-corrected chi connectivity index (χ3v) is 1.93. The van der Waals surface area contributed by atoms with Gasteiger partial charge in [0.25, 0.3) is 0 Å². The van der Waals surface area contributed by atoms with E-state index in [0.29, 0.717) is 26.2 Å². The van der Waals surface area contributed by atoms with Crippen LogP contribution in [0.5, 0.6) is 0 Å². The van der Waals surface area contributed by atoms with Crippen molar-refractivity contribution in [2.24, 2.45) is 5.92 Å². The lowest BCUT2D eigenvalue weighted by molar-refractivity contribution is -0.126. The van der Waals surface area contributed by atoms with Crippen LogP contribution in [0.4, 0.5) is 0 Å². The Morgan fingerprint density at radius 2 is 2.20 bits per heavy atom. The number of rotatable bonds is 9. The topological polar surface area (TPSA) is 67.8 Å². The van der Waals surface area contributed by atoms with Crippen molar-refractivity contribution >= 4 is 5.91 Å². The Bertz CT molecular complexity index is 164. The minimum atomic E-state index is -0.129. The van der Waals surface area contributed by atoms with Crippen LogP contribution in [0.1, 0.15) is 13.3 Å². The highest BCUT2D eigenvalue weighted by Crippen LogP contribution is 1.97. The van der Waals surface area contributed by atoms with E-state index in [2.05, 4.69) is 5.32 Å². The maximum atomic E-state index is 11.2. The van der Waals surface area contributed by atoms with Gasteiger partial charge in [0.15, 0.2) is 0 Å². The summed E-state index contributed by atoms with van der Waals surface area (Å²) in [6.45, 7) is 3.69. The molecule has 5 heteroatoms. The number of ether oxygens (including phenoxy) is 2. The van der Waals surface area contributed by atoms with Crippen LogP contribution in [-0.2, 0) is 14.3 Å². The Kier molecular flexibility index (Phi) is 9.46. The second kappa shape index (κ2) is 9.89. The molecule has 0 saturated heterocycles. The van der Waals surface area contributed by atoms with Crippen molar-refractivity contribution in [3.63, 3.8) is 0 Å². The summed E-state index contributed by atoms with van der Waals surface area (Å²) in [5, 5.41) is 11.4. The molecule has 1 unspecified atom stereocenters. The van der Waals surface area contributed by atoms with Crippen LogP contribution in [-0.4, -0.2) is 51.1 Å². The van der Waals surface area contributed by atoms with E-state index in [1.165, 1.54) is 0 Å².